The quantitative estimate of drug-likeness (QED) is 0.769. The van der Waals surface area contributed by atoms with Crippen molar-refractivity contribution in [3.8, 4) is 5.75 Å². The van der Waals surface area contributed by atoms with E-state index in [0.29, 0.717) is 24.8 Å². The SMILES string of the molecule is O=C(CC1(C(=O)O)CCC1)NCCc1ccccc1OC(F)F. The van der Waals surface area contributed by atoms with Gasteiger partial charge in [-0.15, -0.1) is 0 Å². The zero-order valence-corrected chi connectivity index (χ0v) is 12.6. The van der Waals surface area contributed by atoms with Crippen molar-refractivity contribution < 1.29 is 28.2 Å². The third kappa shape index (κ3) is 4.40. The monoisotopic (exact) mass is 327 g/mol. The average molecular weight is 327 g/mol. The summed E-state index contributed by atoms with van der Waals surface area (Å²) in [6, 6.07) is 6.38. The minimum atomic E-state index is -2.90. The Balaban J connectivity index is 1.83. The number of carboxylic acids is 1. The lowest BCUT2D eigenvalue weighted by molar-refractivity contribution is -0.157. The molecule has 2 rings (SSSR count). The van der Waals surface area contributed by atoms with E-state index in [4.69, 9.17) is 0 Å². The second-order valence-corrected chi connectivity index (χ2v) is 5.70. The average Bonchev–Trinajstić information content (AvgIpc) is 2.43. The molecule has 1 fully saturated rings. The van der Waals surface area contributed by atoms with Crippen molar-refractivity contribution in [3.05, 3.63) is 29.8 Å². The van der Waals surface area contributed by atoms with Crippen LogP contribution in [-0.4, -0.2) is 30.1 Å². The van der Waals surface area contributed by atoms with Gasteiger partial charge in [-0.25, -0.2) is 0 Å². The third-order valence-electron chi connectivity index (χ3n) is 4.17. The molecule has 1 aliphatic rings. The van der Waals surface area contributed by atoms with Crippen molar-refractivity contribution in [3.63, 3.8) is 0 Å². The van der Waals surface area contributed by atoms with Gasteiger partial charge in [0.2, 0.25) is 5.91 Å². The summed E-state index contributed by atoms with van der Waals surface area (Å²) in [4.78, 5) is 23.1. The summed E-state index contributed by atoms with van der Waals surface area (Å²) >= 11 is 0. The van der Waals surface area contributed by atoms with Crippen LogP contribution in [0.15, 0.2) is 24.3 Å². The number of aliphatic carboxylic acids is 1. The Morgan fingerprint density at radius 2 is 2.00 bits per heavy atom. The van der Waals surface area contributed by atoms with Crippen LogP contribution >= 0.6 is 0 Å². The molecule has 126 valence electrons. The smallest absolute Gasteiger partial charge is 0.387 e. The largest absolute Gasteiger partial charge is 0.481 e. The molecule has 0 atom stereocenters. The lowest BCUT2D eigenvalue weighted by Gasteiger charge is -2.36. The van der Waals surface area contributed by atoms with Crippen LogP contribution in [0.1, 0.15) is 31.2 Å². The molecule has 0 spiro atoms. The minimum Gasteiger partial charge on any atom is -0.481 e. The van der Waals surface area contributed by atoms with Crippen molar-refractivity contribution in [1.82, 2.24) is 5.32 Å². The molecular weight excluding hydrogens is 308 g/mol. The molecule has 1 aliphatic carbocycles. The number of ether oxygens (including phenoxy) is 1. The maximum Gasteiger partial charge on any atom is 0.387 e. The van der Waals surface area contributed by atoms with Gasteiger partial charge >= 0.3 is 12.6 Å². The molecule has 1 aromatic rings. The molecule has 0 saturated heterocycles. The highest BCUT2D eigenvalue weighted by Crippen LogP contribution is 2.44. The number of rotatable bonds is 8. The van der Waals surface area contributed by atoms with Gasteiger partial charge in [0, 0.05) is 13.0 Å². The van der Waals surface area contributed by atoms with Crippen molar-refractivity contribution in [1.29, 1.82) is 0 Å². The van der Waals surface area contributed by atoms with E-state index in [-0.39, 0.29) is 24.6 Å². The van der Waals surface area contributed by atoms with E-state index >= 15 is 0 Å². The van der Waals surface area contributed by atoms with E-state index in [2.05, 4.69) is 10.1 Å². The molecule has 1 aromatic carbocycles. The van der Waals surface area contributed by atoms with Gasteiger partial charge in [0.05, 0.1) is 5.41 Å². The second-order valence-electron chi connectivity index (χ2n) is 5.70. The van der Waals surface area contributed by atoms with E-state index in [1.807, 2.05) is 0 Å². The van der Waals surface area contributed by atoms with E-state index in [1.165, 1.54) is 6.07 Å². The number of carboxylic acid groups (broad SMARTS) is 1. The van der Waals surface area contributed by atoms with Crippen LogP contribution in [0.25, 0.3) is 0 Å². The van der Waals surface area contributed by atoms with Gasteiger partial charge in [0.25, 0.3) is 0 Å². The number of para-hydroxylation sites is 1. The molecule has 0 heterocycles. The number of carbonyl (C=O) groups is 2. The lowest BCUT2D eigenvalue weighted by atomic mass is 9.66. The van der Waals surface area contributed by atoms with Crippen molar-refractivity contribution in [2.75, 3.05) is 6.54 Å². The Bertz CT molecular complexity index is 573. The van der Waals surface area contributed by atoms with Crippen LogP contribution in [0.5, 0.6) is 5.75 Å². The number of hydrogen-bond donors (Lipinski definition) is 2. The standard InChI is InChI=1S/C16H19F2NO4/c17-15(18)23-12-5-2-1-4-11(12)6-9-19-13(20)10-16(14(21)22)7-3-8-16/h1-2,4-5,15H,3,6-10H2,(H,19,20)(H,21,22). The number of benzene rings is 1. The molecule has 0 unspecified atom stereocenters. The predicted molar refractivity (Wildman–Crippen MR) is 78.3 cm³/mol. The van der Waals surface area contributed by atoms with Crippen molar-refractivity contribution >= 4 is 11.9 Å². The molecule has 1 amide bonds. The molecule has 5 nitrogen and oxygen atoms in total. The van der Waals surface area contributed by atoms with Crippen molar-refractivity contribution in [2.24, 2.45) is 5.41 Å². The first-order valence-electron chi connectivity index (χ1n) is 7.46. The zero-order valence-electron chi connectivity index (χ0n) is 12.6. The van der Waals surface area contributed by atoms with Gasteiger partial charge in [-0.05, 0) is 30.9 Å². The summed E-state index contributed by atoms with van der Waals surface area (Å²) in [5, 5.41) is 11.8. The summed E-state index contributed by atoms with van der Waals surface area (Å²) < 4.78 is 29.0. The number of carbonyl (C=O) groups excluding carboxylic acids is 1. The highest BCUT2D eigenvalue weighted by molar-refractivity contribution is 5.85. The van der Waals surface area contributed by atoms with Gasteiger partial charge in [-0.3, -0.25) is 9.59 Å². The van der Waals surface area contributed by atoms with Crippen LogP contribution in [-0.2, 0) is 16.0 Å². The molecule has 0 aromatic heterocycles. The molecule has 23 heavy (non-hydrogen) atoms. The van der Waals surface area contributed by atoms with E-state index in [1.54, 1.807) is 18.2 Å². The summed E-state index contributed by atoms with van der Waals surface area (Å²) in [5.74, 6) is -1.19. The maximum atomic E-state index is 12.3. The van der Waals surface area contributed by atoms with Crippen LogP contribution in [0, 0.1) is 5.41 Å². The molecule has 7 heteroatoms. The molecule has 0 bridgehead atoms. The molecular formula is C16H19F2NO4. The number of halogens is 2. The van der Waals surface area contributed by atoms with Gasteiger partial charge in [-0.1, -0.05) is 24.6 Å². The molecule has 2 N–H and O–H groups in total. The second kappa shape index (κ2) is 7.39. The van der Waals surface area contributed by atoms with E-state index in [9.17, 15) is 23.5 Å². The first kappa shape index (κ1) is 17.2. The number of nitrogens with one attached hydrogen (secondary N) is 1. The van der Waals surface area contributed by atoms with Crippen LogP contribution in [0.4, 0.5) is 8.78 Å². The lowest BCUT2D eigenvalue weighted by Crippen LogP contribution is -2.42. The van der Waals surface area contributed by atoms with Crippen LogP contribution < -0.4 is 10.1 Å². The predicted octanol–water partition coefficient (Wildman–Crippen LogP) is 2.59. The highest BCUT2D eigenvalue weighted by atomic mass is 19.3. The number of alkyl halides is 2. The van der Waals surface area contributed by atoms with E-state index in [0.717, 1.165) is 6.42 Å². The van der Waals surface area contributed by atoms with Crippen LogP contribution in [0.2, 0.25) is 0 Å². The first-order valence-corrected chi connectivity index (χ1v) is 7.46. The summed E-state index contributed by atoms with van der Waals surface area (Å²) in [6.07, 6.45) is 2.13. The Labute approximate surface area is 132 Å². The number of hydrogen-bond acceptors (Lipinski definition) is 3. The summed E-state index contributed by atoms with van der Waals surface area (Å²) in [6.45, 7) is -2.67. The molecule has 1 saturated carbocycles. The molecule has 0 radical (unpaired) electrons. The fourth-order valence-corrected chi connectivity index (χ4v) is 2.70. The zero-order chi connectivity index (χ0) is 16.9. The summed E-state index contributed by atoms with van der Waals surface area (Å²) in [5.41, 5.74) is -0.370. The molecule has 0 aliphatic heterocycles. The van der Waals surface area contributed by atoms with Gasteiger partial charge in [-0.2, -0.15) is 8.78 Å². The van der Waals surface area contributed by atoms with Crippen molar-refractivity contribution in [2.45, 2.75) is 38.7 Å². The van der Waals surface area contributed by atoms with Gasteiger partial charge in [0.15, 0.2) is 0 Å². The Morgan fingerprint density at radius 1 is 1.30 bits per heavy atom. The topological polar surface area (TPSA) is 75.6 Å². The third-order valence-corrected chi connectivity index (χ3v) is 4.17. The fraction of sp³-hybridized carbons (Fsp3) is 0.500. The number of amides is 1. The van der Waals surface area contributed by atoms with Gasteiger partial charge in [0.1, 0.15) is 5.75 Å². The first-order chi connectivity index (χ1) is 10.9. The normalized spacial score (nSPS) is 15.8. The fourth-order valence-electron chi connectivity index (χ4n) is 2.70. The Hall–Kier alpha value is -2.18. The Morgan fingerprint density at radius 3 is 2.57 bits per heavy atom. The summed E-state index contributed by atoms with van der Waals surface area (Å²) in [7, 11) is 0. The van der Waals surface area contributed by atoms with Gasteiger partial charge < -0.3 is 15.2 Å². The highest BCUT2D eigenvalue weighted by Gasteiger charge is 2.45. The Kier molecular flexibility index (Phi) is 5.52. The van der Waals surface area contributed by atoms with Crippen LogP contribution in [0.3, 0.4) is 0 Å². The maximum absolute atomic E-state index is 12.3. The minimum absolute atomic E-state index is 0.0441. The van der Waals surface area contributed by atoms with E-state index < -0.39 is 18.0 Å².